The van der Waals surface area contributed by atoms with E-state index < -0.39 is 110 Å². The van der Waals surface area contributed by atoms with E-state index in [-0.39, 0.29) is 53.7 Å². The van der Waals surface area contributed by atoms with Crippen molar-refractivity contribution in [2.45, 2.75) is 166 Å². The van der Waals surface area contributed by atoms with E-state index in [0.717, 1.165) is 11.1 Å². The van der Waals surface area contributed by atoms with Gasteiger partial charge in [-0.25, -0.2) is 31.1 Å². The van der Waals surface area contributed by atoms with Crippen molar-refractivity contribution in [1.82, 2.24) is 49.9 Å². The number of carbonyl (C=O) groups is 7. The number of hydrogen-bond acceptors (Lipinski definition) is 13. The highest BCUT2D eigenvalue weighted by Gasteiger charge is 2.43. The average Bonchev–Trinajstić information content (AvgIpc) is 2.74. The Morgan fingerprint density at radius 2 is 0.978 bits per heavy atom. The molecule has 5 N–H and O–H groups in total. The Morgan fingerprint density at radius 3 is 1.35 bits per heavy atom. The third-order valence-corrected chi connectivity index (χ3v) is 19.2. The lowest BCUT2D eigenvalue weighted by Crippen LogP contribution is -2.60. The van der Waals surface area contributed by atoms with Crippen molar-refractivity contribution in [1.29, 1.82) is 0 Å². The number of ether oxygens (including phenoxy) is 1. The smallest absolute Gasteiger partial charge is 0.410 e. The van der Waals surface area contributed by atoms with Gasteiger partial charge < -0.3 is 40.3 Å². The molecule has 0 saturated carbocycles. The molecule has 0 aliphatic carbocycles. The minimum atomic E-state index is -4.34. The number of benzene rings is 4. The lowest BCUT2D eigenvalue weighted by atomic mass is 9.85. The number of carbonyl (C=O) groups excluding carboxylic acids is 7. The molecule has 0 unspecified atom stereocenters. The highest BCUT2D eigenvalue weighted by atomic mass is 32.2. The van der Waals surface area contributed by atoms with Crippen molar-refractivity contribution >= 4 is 72.4 Å². The Hall–Kier alpha value is -6.99. The molecule has 89 heavy (non-hydrogen) atoms. The van der Waals surface area contributed by atoms with Gasteiger partial charge in [0.2, 0.25) is 55.5 Å². The first-order valence-electron chi connectivity index (χ1n) is 30.6. The molecule has 2 heterocycles. The molecule has 22 nitrogen and oxygen atoms in total. The van der Waals surface area contributed by atoms with Crippen LogP contribution in [0.4, 0.5) is 4.79 Å². The summed E-state index contributed by atoms with van der Waals surface area (Å²) in [7, 11) is -5.54. The van der Waals surface area contributed by atoms with E-state index in [4.69, 9.17) is 4.74 Å². The van der Waals surface area contributed by atoms with E-state index >= 15 is 0 Å². The molecule has 4 aromatic rings. The zero-order valence-corrected chi connectivity index (χ0v) is 55.7. The SMILES string of the molecule is CN[C@@H](C)C(=O)N[C@H](C(=O)N1CCC[C@H]1CN(CCc1ccccc1)C(=O)CNS(=O)(=O)c1ccc2cc(S(=O)(=O)NCC(=O)N(CCc3ccccc3)C[C@@H]3CCCN3C(=O)[C@@H](NC(=O)[C@H](C)N(C)C(=O)OC(C)(C)C)C(C)(C)C)ccc2c1)C(C)(C)C. The summed E-state index contributed by atoms with van der Waals surface area (Å²) in [5.74, 6) is -2.52. The maximum absolute atomic E-state index is 14.6. The fraction of sp³-hybridized carbons (Fsp3) is 0.554. The number of hydrogen-bond donors (Lipinski definition) is 5. The molecule has 6 rings (SSSR count). The molecule has 24 heteroatoms. The highest BCUT2D eigenvalue weighted by molar-refractivity contribution is 7.89. The molecule has 4 aromatic carbocycles. The minimum Gasteiger partial charge on any atom is -0.444 e. The molecule has 0 spiro atoms. The Bertz CT molecular complexity index is 3370. The van der Waals surface area contributed by atoms with Crippen LogP contribution in [0.3, 0.4) is 0 Å². The van der Waals surface area contributed by atoms with E-state index in [9.17, 15) is 50.4 Å². The summed E-state index contributed by atoms with van der Waals surface area (Å²) in [6.07, 6.45) is 2.66. The second-order valence-electron chi connectivity index (χ2n) is 26.5. The van der Waals surface area contributed by atoms with E-state index in [2.05, 4.69) is 25.4 Å². The molecule has 2 aliphatic rings. The van der Waals surface area contributed by atoms with Gasteiger partial charge in [0, 0.05) is 58.4 Å². The first-order valence-corrected chi connectivity index (χ1v) is 33.6. The molecular formula is C65H94N10O12S2. The number of rotatable bonds is 26. The number of sulfonamides is 2. The first kappa shape index (κ1) is 71.1. The summed E-state index contributed by atoms with van der Waals surface area (Å²) in [6, 6.07) is 23.1. The third-order valence-electron chi connectivity index (χ3n) is 16.4. The zero-order chi connectivity index (χ0) is 65.8. The quantitative estimate of drug-likeness (QED) is 0.0524. The minimum absolute atomic E-state index is 0.0817. The Labute approximate surface area is 526 Å². The van der Waals surface area contributed by atoms with E-state index in [1.807, 2.05) is 102 Å². The number of fused-ring (bicyclic) bond motifs is 1. The summed E-state index contributed by atoms with van der Waals surface area (Å²) in [5.41, 5.74) is -0.289. The predicted molar refractivity (Wildman–Crippen MR) is 342 cm³/mol. The van der Waals surface area contributed by atoms with Gasteiger partial charge in [-0.1, -0.05) is 114 Å². The second-order valence-corrected chi connectivity index (χ2v) is 30.1. The fourth-order valence-corrected chi connectivity index (χ4v) is 12.8. The Balaban J connectivity index is 1.13. The standard InChI is InChI=1S/C65H94N10O12S2/c1-44(66-12)58(78)69-56(63(3,4)5)60(80)74-34-20-26-50(74)42-72(36-32-46-22-16-14-17-23-46)54(76)40-67-88(83,84)52-30-28-49-39-53(31-29-48(49)38-52)89(85,86)68-41-55(77)73(37-33-47-24-18-15-19-25-47)43-51-27-21-35-75(51)61(81)57(64(6,7)8)70-59(79)45(2)71(13)62(82)87-65(9,10)11/h14-19,22-25,28-31,38-39,44-45,50-51,56-57,66-68H,20-21,26-27,32-37,40-43H2,1-13H3,(H,69,78)(H,70,79)/t44-,45-,50-,51-,56+,57+/m0/s1. The van der Waals surface area contributed by atoms with E-state index in [0.29, 0.717) is 62.4 Å². The van der Waals surface area contributed by atoms with E-state index in [1.165, 1.54) is 48.3 Å². The summed E-state index contributed by atoms with van der Waals surface area (Å²) in [4.78, 5) is 104. The van der Waals surface area contributed by atoms with Crippen LogP contribution in [-0.2, 0) is 66.4 Å². The lowest BCUT2D eigenvalue weighted by molar-refractivity contribution is -0.142. The van der Waals surface area contributed by atoms with Crippen molar-refractivity contribution in [3.05, 3.63) is 108 Å². The largest absolute Gasteiger partial charge is 0.444 e. The van der Waals surface area contributed by atoms with Gasteiger partial charge in [-0.15, -0.1) is 0 Å². The number of nitrogens with one attached hydrogen (secondary N) is 5. The summed E-state index contributed by atoms with van der Waals surface area (Å²) in [6.45, 7) is 19.8. The average molecular weight is 1270 g/mol. The summed E-state index contributed by atoms with van der Waals surface area (Å²) >= 11 is 0. The van der Waals surface area contributed by atoms with Crippen molar-refractivity contribution in [2.75, 3.05) is 66.5 Å². The molecule has 2 aliphatic heterocycles. The van der Waals surface area contributed by atoms with Crippen molar-refractivity contribution < 1.29 is 55.1 Å². The summed E-state index contributed by atoms with van der Waals surface area (Å²) < 4.78 is 66.3. The highest BCUT2D eigenvalue weighted by Crippen LogP contribution is 2.30. The van der Waals surface area contributed by atoms with Crippen LogP contribution >= 0.6 is 0 Å². The maximum atomic E-state index is 14.6. The van der Waals surface area contributed by atoms with Gasteiger partial charge >= 0.3 is 6.09 Å². The van der Waals surface area contributed by atoms with Crippen LogP contribution < -0.4 is 25.4 Å². The van der Waals surface area contributed by atoms with Gasteiger partial charge in [0.15, 0.2) is 0 Å². The Morgan fingerprint density at radius 1 is 0.584 bits per heavy atom. The van der Waals surface area contributed by atoms with Crippen LogP contribution in [0.5, 0.6) is 0 Å². The van der Waals surface area contributed by atoms with Crippen molar-refractivity contribution in [2.24, 2.45) is 10.8 Å². The predicted octanol–water partition coefficient (Wildman–Crippen LogP) is 5.45. The van der Waals surface area contributed by atoms with Crippen LogP contribution in [0.2, 0.25) is 0 Å². The van der Waals surface area contributed by atoms with Gasteiger partial charge in [-0.05, 0) is 137 Å². The molecule has 0 bridgehead atoms. The number of likely N-dealkylation sites (N-methyl/N-ethyl adjacent to an activating group) is 2. The molecule has 0 radical (unpaired) electrons. The molecule has 2 fully saturated rings. The molecular weight excluding hydrogens is 1180 g/mol. The van der Waals surface area contributed by atoms with Gasteiger partial charge in [-0.3, -0.25) is 33.7 Å². The summed E-state index contributed by atoms with van der Waals surface area (Å²) in [5, 5.41) is 9.50. The second kappa shape index (κ2) is 30.2. The van der Waals surface area contributed by atoms with Crippen LogP contribution in [0.25, 0.3) is 10.8 Å². The van der Waals surface area contributed by atoms with Crippen molar-refractivity contribution in [3.8, 4) is 0 Å². The third kappa shape index (κ3) is 19.8. The molecule has 2 saturated heterocycles. The normalized spacial score (nSPS) is 17.1. The van der Waals surface area contributed by atoms with Crippen LogP contribution in [0.15, 0.2) is 107 Å². The van der Waals surface area contributed by atoms with Crippen LogP contribution in [-0.4, -0.2) is 191 Å². The first-order chi connectivity index (χ1) is 41.6. The Kier molecular flexibility index (Phi) is 24.1. The van der Waals surface area contributed by atoms with Gasteiger partial charge in [-0.2, -0.15) is 0 Å². The van der Waals surface area contributed by atoms with E-state index in [1.54, 1.807) is 61.3 Å². The molecule has 7 amide bonds. The van der Waals surface area contributed by atoms with Crippen LogP contribution in [0, 0.1) is 10.8 Å². The van der Waals surface area contributed by atoms with Crippen LogP contribution in [0.1, 0.15) is 113 Å². The van der Waals surface area contributed by atoms with Gasteiger partial charge in [0.1, 0.15) is 23.7 Å². The van der Waals surface area contributed by atoms with Crippen molar-refractivity contribution in [3.63, 3.8) is 0 Å². The molecule has 6 atom stereocenters. The number of nitrogens with zero attached hydrogens (tertiary/aromatic N) is 5. The maximum Gasteiger partial charge on any atom is 0.410 e. The monoisotopic (exact) mass is 1270 g/mol. The lowest BCUT2D eigenvalue weighted by Gasteiger charge is -2.38. The molecule has 0 aromatic heterocycles. The van der Waals surface area contributed by atoms with Gasteiger partial charge in [0.25, 0.3) is 0 Å². The molecule has 488 valence electrons. The number of likely N-dealkylation sites (tertiary alicyclic amines) is 2. The fourth-order valence-electron chi connectivity index (χ4n) is 10.8. The number of amides is 7. The zero-order valence-electron chi connectivity index (χ0n) is 54.1. The van der Waals surface area contributed by atoms with Gasteiger partial charge in [0.05, 0.1) is 28.9 Å². The topological polar surface area (TPSA) is 273 Å².